The molecule has 1 aromatic carbocycles. The molecule has 1 N–H and O–H groups in total. The summed E-state index contributed by atoms with van der Waals surface area (Å²) in [6.07, 6.45) is 4.08. The van der Waals surface area contributed by atoms with Gasteiger partial charge in [0.05, 0.1) is 6.10 Å². The predicted octanol–water partition coefficient (Wildman–Crippen LogP) is 4.17. The lowest BCUT2D eigenvalue weighted by molar-refractivity contribution is 0.0850. The Bertz CT molecular complexity index is 783. The summed E-state index contributed by atoms with van der Waals surface area (Å²) in [4.78, 5) is 12.9. The Hall–Kier alpha value is -2.07. The number of carbonyl (C=O) groups excluding carboxylic acids is 1. The van der Waals surface area contributed by atoms with Crippen LogP contribution in [0.25, 0.3) is 10.9 Å². The number of hydrogen-bond donors (Lipinski definition) is 1. The van der Waals surface area contributed by atoms with Gasteiger partial charge < -0.3 is 14.6 Å². The fourth-order valence-corrected chi connectivity index (χ4v) is 3.61. The quantitative estimate of drug-likeness (QED) is 0.802. The highest BCUT2D eigenvalue weighted by molar-refractivity contribution is 6.01. The molecular formula is C21H28N2O2. The first-order valence-electron chi connectivity index (χ1n) is 9.16. The van der Waals surface area contributed by atoms with E-state index in [0.717, 1.165) is 41.6 Å². The minimum absolute atomic E-state index is 0.0304. The van der Waals surface area contributed by atoms with Gasteiger partial charge >= 0.3 is 0 Å². The first-order valence-corrected chi connectivity index (χ1v) is 9.16. The van der Waals surface area contributed by atoms with Crippen LogP contribution < -0.4 is 5.32 Å². The van der Waals surface area contributed by atoms with Crippen LogP contribution >= 0.6 is 0 Å². The fraction of sp³-hybridized carbons (Fsp3) is 0.476. The standard InChI is InChI=1S/C21H28N2O2/c1-5-10-23-19-9-8-16(14(2)3)12-18(19)15(4)20(23)21(24)22-13-17-7-6-11-25-17/h5,8-9,12,14,17H,1,6-7,10-11,13H2,2-4H3,(H,22,24). The number of hydrogen-bond acceptors (Lipinski definition) is 2. The molecule has 0 radical (unpaired) electrons. The van der Waals surface area contributed by atoms with Crippen molar-refractivity contribution < 1.29 is 9.53 Å². The SMILES string of the molecule is C=CCn1c(C(=O)NCC2CCCO2)c(C)c2cc(C(C)C)ccc21. The Morgan fingerprint density at radius 2 is 2.28 bits per heavy atom. The van der Waals surface area contributed by atoms with Gasteiger partial charge in [-0.1, -0.05) is 26.0 Å². The molecule has 4 heteroatoms. The number of benzene rings is 1. The zero-order valence-electron chi connectivity index (χ0n) is 15.5. The van der Waals surface area contributed by atoms with Gasteiger partial charge in [-0.3, -0.25) is 4.79 Å². The highest BCUT2D eigenvalue weighted by Gasteiger charge is 2.22. The van der Waals surface area contributed by atoms with Crippen molar-refractivity contribution in [1.29, 1.82) is 0 Å². The Balaban J connectivity index is 1.96. The van der Waals surface area contributed by atoms with Gasteiger partial charge in [0.2, 0.25) is 0 Å². The highest BCUT2D eigenvalue weighted by atomic mass is 16.5. The molecule has 25 heavy (non-hydrogen) atoms. The van der Waals surface area contributed by atoms with E-state index >= 15 is 0 Å². The van der Waals surface area contributed by atoms with E-state index in [0.29, 0.717) is 19.0 Å². The van der Waals surface area contributed by atoms with Crippen molar-refractivity contribution in [3.05, 3.63) is 47.7 Å². The summed E-state index contributed by atoms with van der Waals surface area (Å²) in [6, 6.07) is 6.49. The van der Waals surface area contributed by atoms with Crippen molar-refractivity contribution in [3.8, 4) is 0 Å². The molecule has 2 heterocycles. The second-order valence-corrected chi connectivity index (χ2v) is 7.15. The lowest BCUT2D eigenvalue weighted by Gasteiger charge is -2.13. The van der Waals surface area contributed by atoms with Crippen LogP contribution in [-0.4, -0.2) is 29.7 Å². The second-order valence-electron chi connectivity index (χ2n) is 7.15. The third-order valence-electron chi connectivity index (χ3n) is 5.05. The first kappa shape index (κ1) is 17.7. The molecule has 0 spiro atoms. The average Bonchev–Trinajstić information content (AvgIpc) is 3.20. The van der Waals surface area contributed by atoms with Crippen molar-refractivity contribution in [2.75, 3.05) is 13.2 Å². The van der Waals surface area contributed by atoms with Crippen LogP contribution in [0.5, 0.6) is 0 Å². The minimum atomic E-state index is -0.0304. The predicted molar refractivity (Wildman–Crippen MR) is 102 cm³/mol. The molecule has 1 saturated heterocycles. The summed E-state index contributed by atoms with van der Waals surface area (Å²) < 4.78 is 7.67. The maximum Gasteiger partial charge on any atom is 0.268 e. The Morgan fingerprint density at radius 3 is 2.92 bits per heavy atom. The molecule has 134 valence electrons. The van der Waals surface area contributed by atoms with E-state index in [1.165, 1.54) is 5.56 Å². The van der Waals surface area contributed by atoms with Gasteiger partial charge in [-0.25, -0.2) is 0 Å². The molecular weight excluding hydrogens is 312 g/mol. The topological polar surface area (TPSA) is 43.3 Å². The number of amides is 1. The lowest BCUT2D eigenvalue weighted by atomic mass is 10.0. The van der Waals surface area contributed by atoms with E-state index in [1.54, 1.807) is 0 Å². The summed E-state index contributed by atoms with van der Waals surface area (Å²) in [7, 11) is 0. The number of carbonyl (C=O) groups is 1. The van der Waals surface area contributed by atoms with Crippen LogP contribution in [0.1, 0.15) is 54.2 Å². The van der Waals surface area contributed by atoms with Crippen LogP contribution in [0.3, 0.4) is 0 Å². The van der Waals surface area contributed by atoms with Gasteiger partial charge in [-0.15, -0.1) is 6.58 Å². The Labute approximate surface area is 149 Å². The van der Waals surface area contributed by atoms with Crippen LogP contribution in [0, 0.1) is 6.92 Å². The molecule has 4 nitrogen and oxygen atoms in total. The van der Waals surface area contributed by atoms with E-state index in [1.807, 2.05) is 13.0 Å². The van der Waals surface area contributed by atoms with Gasteiger partial charge in [0, 0.05) is 30.6 Å². The van der Waals surface area contributed by atoms with Crippen LogP contribution in [0.15, 0.2) is 30.9 Å². The number of nitrogens with zero attached hydrogens (tertiary/aromatic N) is 1. The van der Waals surface area contributed by atoms with E-state index < -0.39 is 0 Å². The molecule has 3 rings (SSSR count). The average molecular weight is 340 g/mol. The number of aromatic nitrogens is 1. The third kappa shape index (κ3) is 3.49. The number of nitrogens with one attached hydrogen (secondary N) is 1. The van der Waals surface area contributed by atoms with Gasteiger partial charge in [-0.2, -0.15) is 0 Å². The van der Waals surface area contributed by atoms with Gasteiger partial charge in [0.1, 0.15) is 5.69 Å². The van der Waals surface area contributed by atoms with Crippen molar-refractivity contribution in [1.82, 2.24) is 9.88 Å². The zero-order chi connectivity index (χ0) is 18.0. The summed E-state index contributed by atoms with van der Waals surface area (Å²) >= 11 is 0. The molecule has 0 aliphatic carbocycles. The number of fused-ring (bicyclic) bond motifs is 1. The minimum Gasteiger partial charge on any atom is -0.376 e. The van der Waals surface area contributed by atoms with Crippen molar-refractivity contribution in [3.63, 3.8) is 0 Å². The van der Waals surface area contributed by atoms with Crippen molar-refractivity contribution in [2.45, 2.75) is 52.2 Å². The zero-order valence-corrected chi connectivity index (χ0v) is 15.5. The van der Waals surface area contributed by atoms with E-state index in [-0.39, 0.29) is 12.0 Å². The van der Waals surface area contributed by atoms with E-state index in [4.69, 9.17) is 4.74 Å². The van der Waals surface area contributed by atoms with Gasteiger partial charge in [0.15, 0.2) is 0 Å². The molecule has 0 bridgehead atoms. The number of ether oxygens (including phenoxy) is 1. The summed E-state index contributed by atoms with van der Waals surface area (Å²) in [6.45, 7) is 12.3. The third-order valence-corrected chi connectivity index (χ3v) is 5.05. The van der Waals surface area contributed by atoms with Crippen LogP contribution in [0.4, 0.5) is 0 Å². The second kappa shape index (κ2) is 7.44. The lowest BCUT2D eigenvalue weighted by Crippen LogP contribution is -2.33. The molecule has 1 aliphatic heterocycles. The van der Waals surface area contributed by atoms with Gasteiger partial charge in [-0.05, 0) is 48.9 Å². The van der Waals surface area contributed by atoms with E-state index in [2.05, 4.69) is 48.5 Å². The van der Waals surface area contributed by atoms with Gasteiger partial charge in [0.25, 0.3) is 5.91 Å². The maximum atomic E-state index is 12.9. The maximum absolute atomic E-state index is 12.9. The molecule has 1 amide bonds. The molecule has 1 aromatic heterocycles. The Morgan fingerprint density at radius 1 is 1.48 bits per heavy atom. The molecule has 1 aliphatic rings. The van der Waals surface area contributed by atoms with Crippen LogP contribution in [0.2, 0.25) is 0 Å². The molecule has 1 unspecified atom stereocenters. The Kier molecular flexibility index (Phi) is 5.28. The molecule has 2 aromatic rings. The van der Waals surface area contributed by atoms with E-state index in [9.17, 15) is 4.79 Å². The van der Waals surface area contributed by atoms with Crippen molar-refractivity contribution >= 4 is 16.8 Å². The highest BCUT2D eigenvalue weighted by Crippen LogP contribution is 2.29. The molecule has 1 atom stereocenters. The summed E-state index contributed by atoms with van der Waals surface area (Å²) in [5.41, 5.74) is 4.14. The largest absolute Gasteiger partial charge is 0.376 e. The molecule has 0 saturated carbocycles. The number of allylic oxidation sites excluding steroid dienone is 1. The van der Waals surface area contributed by atoms with Crippen LogP contribution in [-0.2, 0) is 11.3 Å². The summed E-state index contributed by atoms with van der Waals surface area (Å²) in [5.74, 6) is 0.431. The van der Waals surface area contributed by atoms with Crippen molar-refractivity contribution in [2.24, 2.45) is 0 Å². The first-order chi connectivity index (χ1) is 12.0. The summed E-state index contributed by atoms with van der Waals surface area (Å²) in [5, 5.41) is 4.21. The normalized spacial score (nSPS) is 17.4. The number of rotatable bonds is 6. The molecule has 1 fully saturated rings. The fourth-order valence-electron chi connectivity index (χ4n) is 3.61. The smallest absolute Gasteiger partial charge is 0.268 e. The monoisotopic (exact) mass is 340 g/mol. The number of aryl methyl sites for hydroxylation is 1.